The molecule has 1 saturated carbocycles. The van der Waals surface area contributed by atoms with Gasteiger partial charge < -0.3 is 19.5 Å². The van der Waals surface area contributed by atoms with Crippen LogP contribution in [0.15, 0.2) is 0 Å². The first-order chi connectivity index (χ1) is 13.9. The fourth-order valence-electron chi connectivity index (χ4n) is 5.37. The lowest BCUT2D eigenvalue weighted by atomic mass is 9.90. The van der Waals surface area contributed by atoms with Crippen molar-refractivity contribution in [3.63, 3.8) is 0 Å². The van der Waals surface area contributed by atoms with Crippen molar-refractivity contribution in [2.24, 2.45) is 11.1 Å². The highest BCUT2D eigenvalue weighted by Crippen LogP contribution is 2.55. The van der Waals surface area contributed by atoms with Crippen LogP contribution in [-0.2, 0) is 8.85 Å². The van der Waals surface area contributed by atoms with E-state index in [1.165, 1.54) is 62.1 Å². The molecule has 2 N–H and O–H groups in total. The molecule has 0 bridgehead atoms. The lowest BCUT2D eigenvalue weighted by molar-refractivity contribution is 0.0138. The highest BCUT2D eigenvalue weighted by Gasteiger charge is 2.54. The fourth-order valence-corrected chi connectivity index (χ4v) is 11.2. The summed E-state index contributed by atoms with van der Waals surface area (Å²) in [6, 6.07) is 7.39. The maximum atomic E-state index is 7.05. The Morgan fingerprint density at radius 3 is 1.90 bits per heavy atom. The first-order valence-corrected chi connectivity index (χ1v) is 17.7. The zero-order chi connectivity index (χ0) is 21.5. The molecule has 2 aliphatic rings. The van der Waals surface area contributed by atoms with Gasteiger partial charge in [0.25, 0.3) is 0 Å². The van der Waals surface area contributed by atoms with Gasteiger partial charge in [0, 0.05) is 19.6 Å². The molecule has 0 aromatic heterocycles. The molecule has 2 fully saturated rings. The van der Waals surface area contributed by atoms with Gasteiger partial charge in [-0.1, -0.05) is 41.5 Å². The van der Waals surface area contributed by atoms with Gasteiger partial charge in [-0.3, -0.25) is 0 Å². The summed E-state index contributed by atoms with van der Waals surface area (Å²) in [6.07, 6.45) is 5.87. The summed E-state index contributed by atoms with van der Waals surface area (Å²) in [5.41, 5.74) is 6.66. The molecule has 1 heterocycles. The second-order valence-corrected chi connectivity index (χ2v) is 19.2. The number of hydrogen-bond acceptors (Lipinski definition) is 4. The van der Waals surface area contributed by atoms with Crippen molar-refractivity contribution < 1.29 is 8.85 Å². The molecule has 0 amide bonds. The largest absolute Gasteiger partial charge is 0.413 e. The summed E-state index contributed by atoms with van der Waals surface area (Å²) in [7, 11) is -3.13. The molecule has 2 atom stereocenters. The van der Waals surface area contributed by atoms with Gasteiger partial charge in [0.2, 0.25) is 0 Å². The van der Waals surface area contributed by atoms with E-state index in [4.69, 9.17) is 14.6 Å². The van der Waals surface area contributed by atoms with Crippen LogP contribution in [0.1, 0.15) is 67.2 Å². The lowest BCUT2D eigenvalue weighted by Crippen LogP contribution is -2.52. The van der Waals surface area contributed by atoms with Gasteiger partial charge in [0.05, 0.1) is 12.2 Å². The number of nitrogens with two attached hydrogens (primary N) is 1. The maximum absolute atomic E-state index is 7.05. The molecule has 4 nitrogen and oxygen atoms in total. The predicted octanol–water partition coefficient (Wildman–Crippen LogP) is 5.60. The average Bonchev–Trinajstić information content (AvgIpc) is 3.55. The van der Waals surface area contributed by atoms with E-state index in [0.717, 1.165) is 19.5 Å². The molecule has 1 saturated heterocycles. The van der Waals surface area contributed by atoms with Crippen LogP contribution in [0.25, 0.3) is 0 Å². The molecule has 0 aromatic carbocycles. The second-order valence-electron chi connectivity index (χ2n) is 9.77. The summed E-state index contributed by atoms with van der Waals surface area (Å²) >= 11 is 0. The van der Waals surface area contributed by atoms with Crippen LogP contribution in [0, 0.1) is 5.41 Å². The fraction of sp³-hybridized carbons (Fsp3) is 1.00. The van der Waals surface area contributed by atoms with Gasteiger partial charge in [-0.25, -0.2) is 0 Å². The first kappa shape index (κ1) is 25.5. The summed E-state index contributed by atoms with van der Waals surface area (Å²) in [5.74, 6) is 0. The molecular formula is C23H50N2O2Si2. The van der Waals surface area contributed by atoms with Crippen LogP contribution in [0.3, 0.4) is 0 Å². The van der Waals surface area contributed by atoms with Crippen molar-refractivity contribution in [3.8, 4) is 0 Å². The topological polar surface area (TPSA) is 47.7 Å². The van der Waals surface area contributed by atoms with Crippen molar-refractivity contribution in [3.05, 3.63) is 0 Å². The summed E-state index contributed by atoms with van der Waals surface area (Å²) in [4.78, 5) is 2.66. The molecular weight excluding hydrogens is 392 g/mol. The first-order valence-electron chi connectivity index (χ1n) is 12.7. The van der Waals surface area contributed by atoms with Crippen LogP contribution in [-0.4, -0.2) is 59.9 Å². The van der Waals surface area contributed by atoms with E-state index in [1.54, 1.807) is 0 Å². The van der Waals surface area contributed by atoms with Crippen LogP contribution >= 0.6 is 0 Å². The SMILES string of the molecule is CC[Si](CC)(CC)O[C@H](CN)CCN1CCC2(CC2)[C@H](O[Si](CC)(CC)CC)C1. The van der Waals surface area contributed by atoms with E-state index in [9.17, 15) is 0 Å². The zero-order valence-electron chi connectivity index (χ0n) is 20.4. The van der Waals surface area contributed by atoms with Gasteiger partial charge >= 0.3 is 0 Å². The quantitative estimate of drug-likeness (QED) is 0.356. The highest BCUT2D eigenvalue weighted by molar-refractivity contribution is 6.74. The molecule has 0 aromatic rings. The van der Waals surface area contributed by atoms with Crippen molar-refractivity contribution in [1.82, 2.24) is 4.90 Å². The minimum absolute atomic E-state index is 0.230. The molecule has 172 valence electrons. The van der Waals surface area contributed by atoms with E-state index >= 15 is 0 Å². The van der Waals surface area contributed by atoms with E-state index in [2.05, 4.69) is 46.4 Å². The predicted molar refractivity (Wildman–Crippen MR) is 131 cm³/mol. The molecule has 1 aliphatic carbocycles. The van der Waals surface area contributed by atoms with Crippen LogP contribution in [0.5, 0.6) is 0 Å². The zero-order valence-corrected chi connectivity index (χ0v) is 22.4. The molecule has 2 rings (SSSR count). The smallest absolute Gasteiger partial charge is 0.192 e. The Hall–Kier alpha value is 0.274. The van der Waals surface area contributed by atoms with Crippen molar-refractivity contribution in [2.45, 2.75) is 116 Å². The number of likely N-dealkylation sites (tertiary alicyclic amines) is 1. The second kappa shape index (κ2) is 11.2. The van der Waals surface area contributed by atoms with Gasteiger partial charge in [-0.2, -0.15) is 0 Å². The Morgan fingerprint density at radius 1 is 0.897 bits per heavy atom. The molecule has 1 spiro atoms. The van der Waals surface area contributed by atoms with Crippen molar-refractivity contribution >= 4 is 16.6 Å². The molecule has 0 unspecified atom stereocenters. The number of piperidine rings is 1. The number of hydrogen-bond donors (Lipinski definition) is 1. The third-order valence-corrected chi connectivity index (χ3v) is 18.0. The Bertz CT molecular complexity index is 463. The van der Waals surface area contributed by atoms with Crippen molar-refractivity contribution in [2.75, 3.05) is 26.2 Å². The minimum Gasteiger partial charge on any atom is -0.413 e. The molecule has 29 heavy (non-hydrogen) atoms. The van der Waals surface area contributed by atoms with E-state index < -0.39 is 16.6 Å². The number of rotatable bonds is 14. The third kappa shape index (κ3) is 6.16. The van der Waals surface area contributed by atoms with Crippen molar-refractivity contribution in [1.29, 1.82) is 0 Å². The standard InChI is InChI=1S/C23H50N2O2Si2/c1-7-28(8-2,9-3)26-21(19-24)13-17-25-18-16-23(14-15-23)22(20-25)27-29(10-4,11-5)12-6/h21-22H,7-20,24H2,1-6H3/t21-,22+/m0/s1. The average molecular weight is 443 g/mol. The Balaban J connectivity index is 1.94. The Labute approximate surface area is 183 Å². The Morgan fingerprint density at radius 2 is 1.45 bits per heavy atom. The minimum atomic E-state index is -1.58. The summed E-state index contributed by atoms with van der Waals surface area (Å²) in [6.45, 7) is 18.1. The van der Waals surface area contributed by atoms with Crippen LogP contribution in [0.4, 0.5) is 0 Å². The van der Waals surface area contributed by atoms with Gasteiger partial charge in [0.1, 0.15) is 0 Å². The summed E-state index contributed by atoms with van der Waals surface area (Å²) < 4.78 is 13.8. The van der Waals surface area contributed by atoms with E-state index in [0.29, 0.717) is 18.1 Å². The Kier molecular flexibility index (Phi) is 9.89. The normalized spacial score (nSPS) is 23.5. The lowest BCUT2D eigenvalue weighted by Gasteiger charge is -2.44. The molecule has 6 heteroatoms. The molecule has 1 aliphatic heterocycles. The number of nitrogens with zero attached hydrogens (tertiary/aromatic N) is 1. The van der Waals surface area contributed by atoms with Crippen LogP contribution in [0.2, 0.25) is 36.3 Å². The monoisotopic (exact) mass is 442 g/mol. The van der Waals surface area contributed by atoms with E-state index in [-0.39, 0.29) is 6.10 Å². The third-order valence-electron chi connectivity index (χ3n) is 8.63. The van der Waals surface area contributed by atoms with Gasteiger partial charge in [-0.05, 0) is 73.9 Å². The maximum Gasteiger partial charge on any atom is 0.192 e. The summed E-state index contributed by atoms with van der Waals surface area (Å²) in [5, 5.41) is 0. The molecule has 0 radical (unpaired) electrons. The highest BCUT2D eigenvalue weighted by atomic mass is 28.4. The van der Waals surface area contributed by atoms with Gasteiger partial charge in [-0.15, -0.1) is 0 Å². The van der Waals surface area contributed by atoms with Gasteiger partial charge in [0.15, 0.2) is 16.6 Å². The van der Waals surface area contributed by atoms with Crippen LogP contribution < -0.4 is 5.73 Å². The van der Waals surface area contributed by atoms with E-state index in [1.807, 2.05) is 0 Å².